The quantitative estimate of drug-likeness (QED) is 0.462. The molecule has 6 heteroatoms. The molecule has 1 heterocycles. The van der Waals surface area contributed by atoms with E-state index in [0.717, 1.165) is 5.56 Å². The fraction of sp³-hybridized carbons (Fsp3) is 0.500. The summed E-state index contributed by atoms with van der Waals surface area (Å²) in [4.78, 5) is 13.6. The van der Waals surface area contributed by atoms with E-state index in [2.05, 4.69) is 0 Å². The molecule has 0 radical (unpaired) electrons. The molecule has 1 aromatic rings. The van der Waals surface area contributed by atoms with Crippen molar-refractivity contribution in [2.45, 2.75) is 32.7 Å². The fourth-order valence-corrected chi connectivity index (χ4v) is 2.14. The summed E-state index contributed by atoms with van der Waals surface area (Å²) in [6, 6.07) is 9.69. The minimum atomic E-state index is -0.263. The van der Waals surface area contributed by atoms with Gasteiger partial charge in [0.1, 0.15) is 6.61 Å². The molecule has 0 N–H and O–H groups in total. The maximum atomic E-state index is 11.9. The van der Waals surface area contributed by atoms with Crippen molar-refractivity contribution >= 4 is 6.09 Å². The number of ether oxygens (including phenoxy) is 2. The van der Waals surface area contributed by atoms with Gasteiger partial charge in [-0.2, -0.15) is 0 Å². The van der Waals surface area contributed by atoms with Gasteiger partial charge in [-0.15, -0.1) is 0 Å². The van der Waals surface area contributed by atoms with Gasteiger partial charge in [0.2, 0.25) is 0 Å². The standard InChI is InChI=1S/C14H19NO3.2Hg/c1-11-8-15(9-12(2)18-11)14(16)17-10-13-6-4-3-5-7-13;;/h3-7,11-12H,8-10H2,1-2H3;;. The largest absolute Gasteiger partial charge is 0.445 e. The molecule has 1 fully saturated rings. The van der Waals surface area contributed by atoms with E-state index in [0.29, 0.717) is 19.7 Å². The summed E-state index contributed by atoms with van der Waals surface area (Å²) in [5.74, 6) is 0. The number of amides is 1. The van der Waals surface area contributed by atoms with Crippen molar-refractivity contribution in [2.24, 2.45) is 0 Å². The molecular formula is C14H19Hg2NO3. The summed E-state index contributed by atoms with van der Waals surface area (Å²) in [5.41, 5.74) is 1.00. The van der Waals surface area contributed by atoms with Crippen LogP contribution in [-0.4, -0.2) is 36.3 Å². The predicted molar refractivity (Wildman–Crippen MR) is 68.2 cm³/mol. The average molecular weight is 650 g/mol. The molecule has 1 amide bonds. The number of benzene rings is 1. The molecule has 102 valence electrons. The van der Waals surface area contributed by atoms with Gasteiger partial charge in [-0.3, -0.25) is 0 Å². The summed E-state index contributed by atoms with van der Waals surface area (Å²) >= 11 is 0. The zero-order valence-corrected chi connectivity index (χ0v) is 23.2. The monoisotopic (exact) mass is 653 g/mol. The Kier molecular flexibility index (Phi) is 10.3. The zero-order valence-electron chi connectivity index (χ0n) is 12.2. The Balaban J connectivity index is 0.00000180. The van der Waals surface area contributed by atoms with E-state index in [4.69, 9.17) is 9.47 Å². The first-order valence-corrected chi connectivity index (χ1v) is 6.26. The Morgan fingerprint density at radius 3 is 2.30 bits per heavy atom. The molecule has 2 atom stereocenters. The molecule has 2 rings (SSSR count). The van der Waals surface area contributed by atoms with Crippen LogP contribution < -0.4 is 0 Å². The number of hydrogen-bond donors (Lipinski definition) is 0. The number of hydrogen-bond acceptors (Lipinski definition) is 3. The number of rotatable bonds is 2. The van der Waals surface area contributed by atoms with E-state index in [-0.39, 0.29) is 73.6 Å². The molecule has 0 aliphatic carbocycles. The van der Waals surface area contributed by atoms with Gasteiger partial charge in [-0.1, -0.05) is 30.3 Å². The summed E-state index contributed by atoms with van der Waals surface area (Å²) in [7, 11) is 0. The van der Waals surface area contributed by atoms with Crippen LogP contribution in [-0.2, 0) is 71.4 Å². The van der Waals surface area contributed by atoms with E-state index in [9.17, 15) is 4.79 Å². The van der Waals surface area contributed by atoms with Crippen molar-refractivity contribution in [3.8, 4) is 0 Å². The molecule has 1 aromatic carbocycles. The van der Waals surface area contributed by atoms with Crippen LogP contribution in [0.3, 0.4) is 0 Å². The smallest absolute Gasteiger partial charge is 0.410 e. The third kappa shape index (κ3) is 6.39. The number of carbonyl (C=O) groups is 1. The molecule has 4 nitrogen and oxygen atoms in total. The fourth-order valence-electron chi connectivity index (χ4n) is 2.14. The van der Waals surface area contributed by atoms with Crippen LogP contribution in [0.25, 0.3) is 0 Å². The summed E-state index contributed by atoms with van der Waals surface area (Å²) in [6.45, 7) is 5.44. The third-order valence-corrected chi connectivity index (χ3v) is 2.88. The summed E-state index contributed by atoms with van der Waals surface area (Å²) in [6.07, 6.45) is -0.128. The minimum Gasteiger partial charge on any atom is -0.445 e. The van der Waals surface area contributed by atoms with Crippen LogP contribution >= 0.6 is 0 Å². The van der Waals surface area contributed by atoms with Gasteiger partial charge in [-0.05, 0) is 19.4 Å². The van der Waals surface area contributed by atoms with Crippen LogP contribution in [0.4, 0.5) is 4.79 Å². The summed E-state index contributed by atoms with van der Waals surface area (Å²) < 4.78 is 10.9. The van der Waals surface area contributed by atoms with Gasteiger partial charge in [0, 0.05) is 55.3 Å². The second-order valence-corrected chi connectivity index (χ2v) is 4.70. The first-order valence-electron chi connectivity index (χ1n) is 6.26. The van der Waals surface area contributed by atoms with Gasteiger partial charge in [-0.25, -0.2) is 4.79 Å². The SMILES string of the molecule is CC1CN(C(=O)OCc2ccccc2)CC(C)O1.[Hg].[Hg]. The van der Waals surface area contributed by atoms with Crippen LogP contribution in [0, 0.1) is 0 Å². The van der Waals surface area contributed by atoms with Gasteiger partial charge in [0.05, 0.1) is 25.3 Å². The van der Waals surface area contributed by atoms with Crippen molar-refractivity contribution in [1.82, 2.24) is 4.90 Å². The molecule has 0 bridgehead atoms. The molecule has 20 heavy (non-hydrogen) atoms. The van der Waals surface area contributed by atoms with E-state index in [1.807, 2.05) is 44.2 Å². The molecule has 1 aliphatic rings. The third-order valence-electron chi connectivity index (χ3n) is 2.88. The molecule has 1 aliphatic heterocycles. The Hall–Kier alpha value is 0.320. The van der Waals surface area contributed by atoms with Crippen LogP contribution in [0.2, 0.25) is 0 Å². The van der Waals surface area contributed by atoms with Crippen LogP contribution in [0.5, 0.6) is 0 Å². The van der Waals surface area contributed by atoms with E-state index in [1.165, 1.54) is 0 Å². The minimum absolute atomic E-state index is 0. The maximum absolute atomic E-state index is 11.9. The van der Waals surface area contributed by atoms with Crippen molar-refractivity contribution in [1.29, 1.82) is 0 Å². The first-order chi connectivity index (χ1) is 8.65. The molecule has 1 saturated heterocycles. The second-order valence-electron chi connectivity index (χ2n) is 4.70. The van der Waals surface area contributed by atoms with Gasteiger partial charge < -0.3 is 14.4 Å². The van der Waals surface area contributed by atoms with Gasteiger partial charge >= 0.3 is 6.09 Å². The number of carbonyl (C=O) groups excluding carboxylic acids is 1. The van der Waals surface area contributed by atoms with Gasteiger partial charge in [0.25, 0.3) is 0 Å². The zero-order chi connectivity index (χ0) is 13.0. The number of nitrogens with zero attached hydrogens (tertiary/aromatic N) is 1. The van der Waals surface area contributed by atoms with E-state index >= 15 is 0 Å². The first kappa shape index (κ1) is 20.3. The Labute approximate surface area is 161 Å². The second kappa shape index (κ2) is 10.1. The average Bonchev–Trinajstić information content (AvgIpc) is 2.36. The van der Waals surface area contributed by atoms with Crippen LogP contribution in [0.1, 0.15) is 19.4 Å². The topological polar surface area (TPSA) is 38.8 Å². The predicted octanol–water partition coefficient (Wildman–Crippen LogP) is 2.43. The normalized spacial score (nSPS) is 21.4. The molecular weight excluding hydrogens is 631 g/mol. The maximum Gasteiger partial charge on any atom is 0.410 e. The van der Waals surface area contributed by atoms with Gasteiger partial charge in [0.15, 0.2) is 0 Å². The molecule has 0 spiro atoms. The van der Waals surface area contributed by atoms with E-state index < -0.39 is 0 Å². The molecule has 0 saturated carbocycles. The Morgan fingerprint density at radius 1 is 1.20 bits per heavy atom. The van der Waals surface area contributed by atoms with Crippen molar-refractivity contribution in [2.75, 3.05) is 13.1 Å². The number of morpholine rings is 1. The summed E-state index contributed by atoms with van der Waals surface area (Å²) in [5, 5.41) is 0. The van der Waals surface area contributed by atoms with Crippen molar-refractivity contribution in [3.05, 3.63) is 35.9 Å². The Bertz CT molecular complexity index is 393. The van der Waals surface area contributed by atoms with Crippen molar-refractivity contribution in [3.63, 3.8) is 0 Å². The van der Waals surface area contributed by atoms with E-state index in [1.54, 1.807) is 4.90 Å². The van der Waals surface area contributed by atoms with Crippen molar-refractivity contribution < 1.29 is 69.6 Å². The Morgan fingerprint density at radius 2 is 1.75 bits per heavy atom. The molecule has 0 aromatic heterocycles. The van der Waals surface area contributed by atoms with Crippen LogP contribution in [0.15, 0.2) is 30.3 Å². The molecule has 2 unspecified atom stereocenters.